The second kappa shape index (κ2) is 6.64. The van der Waals surface area contributed by atoms with E-state index in [1.807, 2.05) is 24.3 Å². The highest BCUT2D eigenvalue weighted by Crippen LogP contribution is 2.25. The van der Waals surface area contributed by atoms with Crippen molar-refractivity contribution >= 4 is 40.6 Å². The van der Waals surface area contributed by atoms with Gasteiger partial charge in [-0.1, -0.05) is 42.3 Å². The van der Waals surface area contributed by atoms with Gasteiger partial charge in [0.25, 0.3) is 0 Å². The van der Waals surface area contributed by atoms with Crippen LogP contribution >= 0.6 is 23.2 Å². The number of anilines is 2. The Labute approximate surface area is 127 Å². The highest BCUT2D eigenvalue weighted by molar-refractivity contribution is 6.42. The molecule has 2 rings (SSSR count). The zero-order valence-corrected chi connectivity index (χ0v) is 12.4. The average Bonchev–Trinajstić information content (AvgIpc) is 2.43. The lowest BCUT2D eigenvalue weighted by atomic mass is 10.1. The van der Waals surface area contributed by atoms with E-state index in [1.165, 1.54) is 0 Å². The van der Waals surface area contributed by atoms with Crippen LogP contribution in [0.1, 0.15) is 12.5 Å². The van der Waals surface area contributed by atoms with E-state index in [4.69, 9.17) is 23.2 Å². The summed E-state index contributed by atoms with van der Waals surface area (Å²) in [5, 5.41) is 6.33. The fourth-order valence-corrected chi connectivity index (χ4v) is 2.03. The number of carbonyl (C=O) groups is 1. The van der Waals surface area contributed by atoms with Crippen molar-refractivity contribution in [2.45, 2.75) is 13.3 Å². The van der Waals surface area contributed by atoms with Crippen LogP contribution < -0.4 is 10.6 Å². The molecule has 0 unspecified atom stereocenters. The summed E-state index contributed by atoms with van der Waals surface area (Å²) in [7, 11) is 0. The maximum absolute atomic E-state index is 11.9. The molecular formula is C15H14Cl2N2O. The van der Waals surface area contributed by atoms with Crippen molar-refractivity contribution in [1.29, 1.82) is 0 Å². The van der Waals surface area contributed by atoms with Gasteiger partial charge in [0, 0.05) is 11.4 Å². The van der Waals surface area contributed by atoms with Gasteiger partial charge >= 0.3 is 6.03 Å². The molecule has 0 fully saturated rings. The van der Waals surface area contributed by atoms with E-state index in [1.54, 1.807) is 18.2 Å². The van der Waals surface area contributed by atoms with Crippen LogP contribution in [0.25, 0.3) is 0 Å². The molecule has 0 atom stereocenters. The first-order chi connectivity index (χ1) is 9.58. The molecule has 0 saturated heterocycles. The molecule has 2 aromatic carbocycles. The second-order valence-electron chi connectivity index (χ2n) is 4.26. The highest BCUT2D eigenvalue weighted by atomic mass is 35.5. The van der Waals surface area contributed by atoms with Crippen molar-refractivity contribution in [2.75, 3.05) is 10.6 Å². The van der Waals surface area contributed by atoms with Gasteiger partial charge in [0.1, 0.15) is 0 Å². The molecule has 0 aliphatic rings. The SMILES string of the molecule is CCc1cccc(NC(=O)Nc2ccc(Cl)c(Cl)c2)c1. The minimum Gasteiger partial charge on any atom is -0.308 e. The van der Waals surface area contributed by atoms with Gasteiger partial charge in [0.05, 0.1) is 10.0 Å². The highest BCUT2D eigenvalue weighted by Gasteiger charge is 2.05. The van der Waals surface area contributed by atoms with Crippen molar-refractivity contribution < 1.29 is 4.79 Å². The van der Waals surface area contributed by atoms with E-state index in [2.05, 4.69) is 17.6 Å². The average molecular weight is 309 g/mol. The summed E-state index contributed by atoms with van der Waals surface area (Å²) in [4.78, 5) is 11.9. The smallest absolute Gasteiger partial charge is 0.308 e. The van der Waals surface area contributed by atoms with E-state index in [0.717, 1.165) is 17.7 Å². The molecule has 0 aliphatic carbocycles. The summed E-state index contributed by atoms with van der Waals surface area (Å²) in [5.74, 6) is 0. The van der Waals surface area contributed by atoms with E-state index >= 15 is 0 Å². The number of halogens is 2. The fourth-order valence-electron chi connectivity index (χ4n) is 1.74. The number of hydrogen-bond acceptors (Lipinski definition) is 1. The van der Waals surface area contributed by atoms with E-state index in [-0.39, 0.29) is 6.03 Å². The molecule has 0 aliphatic heterocycles. The second-order valence-corrected chi connectivity index (χ2v) is 5.08. The third-order valence-corrected chi connectivity index (χ3v) is 3.51. The molecule has 104 valence electrons. The Morgan fingerprint density at radius 3 is 2.35 bits per heavy atom. The molecule has 0 heterocycles. The van der Waals surface area contributed by atoms with Crippen LogP contribution in [0.5, 0.6) is 0 Å². The summed E-state index contributed by atoms with van der Waals surface area (Å²) < 4.78 is 0. The molecule has 3 nitrogen and oxygen atoms in total. The van der Waals surface area contributed by atoms with Crippen molar-refractivity contribution in [3.8, 4) is 0 Å². The lowest BCUT2D eigenvalue weighted by Crippen LogP contribution is -2.19. The molecule has 0 radical (unpaired) electrons. The number of rotatable bonds is 3. The van der Waals surface area contributed by atoms with Crippen molar-refractivity contribution in [1.82, 2.24) is 0 Å². The first-order valence-corrected chi connectivity index (χ1v) is 6.96. The zero-order valence-electron chi connectivity index (χ0n) is 10.9. The topological polar surface area (TPSA) is 41.1 Å². The van der Waals surface area contributed by atoms with Crippen LogP contribution in [-0.4, -0.2) is 6.03 Å². The summed E-state index contributed by atoms with van der Waals surface area (Å²) in [6, 6.07) is 12.3. The number of benzene rings is 2. The standard InChI is InChI=1S/C15H14Cl2N2O/c1-2-10-4-3-5-11(8-10)18-15(20)19-12-6-7-13(16)14(17)9-12/h3-9H,2H2,1H3,(H2,18,19,20). The van der Waals surface area contributed by atoms with Crippen LogP contribution in [0.3, 0.4) is 0 Å². The molecule has 0 saturated carbocycles. The third kappa shape index (κ3) is 3.89. The molecular weight excluding hydrogens is 295 g/mol. The summed E-state index contributed by atoms with van der Waals surface area (Å²) >= 11 is 11.7. The first-order valence-electron chi connectivity index (χ1n) is 6.20. The van der Waals surface area contributed by atoms with Crippen LogP contribution in [0.4, 0.5) is 16.2 Å². The normalized spacial score (nSPS) is 10.2. The lowest BCUT2D eigenvalue weighted by molar-refractivity contribution is 0.262. The Bertz CT molecular complexity index is 629. The Hall–Kier alpha value is -1.71. The Kier molecular flexibility index (Phi) is 4.88. The monoisotopic (exact) mass is 308 g/mol. The van der Waals surface area contributed by atoms with Crippen molar-refractivity contribution in [3.05, 3.63) is 58.1 Å². The van der Waals surface area contributed by atoms with Gasteiger partial charge in [-0.2, -0.15) is 0 Å². The fraction of sp³-hybridized carbons (Fsp3) is 0.133. The molecule has 2 aromatic rings. The Balaban J connectivity index is 2.03. The van der Waals surface area contributed by atoms with Crippen LogP contribution in [0.2, 0.25) is 10.0 Å². The summed E-state index contributed by atoms with van der Waals surface area (Å²) in [5.41, 5.74) is 2.50. The number of amides is 2. The molecule has 0 bridgehead atoms. The van der Waals surface area contributed by atoms with Crippen LogP contribution in [-0.2, 0) is 6.42 Å². The third-order valence-electron chi connectivity index (χ3n) is 2.77. The largest absolute Gasteiger partial charge is 0.323 e. The Morgan fingerprint density at radius 1 is 1.00 bits per heavy atom. The minimum absolute atomic E-state index is 0.323. The van der Waals surface area contributed by atoms with Crippen LogP contribution in [0.15, 0.2) is 42.5 Å². The Morgan fingerprint density at radius 2 is 1.70 bits per heavy atom. The van der Waals surface area contributed by atoms with Crippen molar-refractivity contribution in [3.63, 3.8) is 0 Å². The quantitative estimate of drug-likeness (QED) is 0.804. The lowest BCUT2D eigenvalue weighted by Gasteiger charge is -2.09. The number of hydrogen-bond donors (Lipinski definition) is 2. The van der Waals surface area contributed by atoms with Gasteiger partial charge in [-0.3, -0.25) is 0 Å². The molecule has 0 spiro atoms. The number of carbonyl (C=O) groups excluding carboxylic acids is 1. The number of nitrogens with one attached hydrogen (secondary N) is 2. The van der Waals surface area contributed by atoms with Gasteiger partial charge in [-0.25, -0.2) is 4.79 Å². The van der Waals surface area contributed by atoms with Crippen molar-refractivity contribution in [2.24, 2.45) is 0 Å². The number of aryl methyl sites for hydroxylation is 1. The predicted molar refractivity (Wildman–Crippen MR) is 84.9 cm³/mol. The summed E-state index contributed by atoms with van der Waals surface area (Å²) in [6.07, 6.45) is 0.921. The maximum Gasteiger partial charge on any atom is 0.323 e. The van der Waals surface area contributed by atoms with E-state index < -0.39 is 0 Å². The van der Waals surface area contributed by atoms with E-state index in [9.17, 15) is 4.79 Å². The van der Waals surface area contributed by atoms with E-state index in [0.29, 0.717) is 15.7 Å². The summed E-state index contributed by atoms with van der Waals surface area (Å²) in [6.45, 7) is 2.06. The first kappa shape index (κ1) is 14.7. The van der Waals surface area contributed by atoms with Gasteiger partial charge < -0.3 is 10.6 Å². The zero-order chi connectivity index (χ0) is 14.5. The van der Waals surface area contributed by atoms with Gasteiger partial charge in [-0.05, 0) is 42.3 Å². The molecule has 2 amide bonds. The number of urea groups is 1. The molecule has 2 N–H and O–H groups in total. The van der Waals surface area contributed by atoms with Gasteiger partial charge in [-0.15, -0.1) is 0 Å². The van der Waals surface area contributed by atoms with Gasteiger partial charge in [0.2, 0.25) is 0 Å². The maximum atomic E-state index is 11.9. The van der Waals surface area contributed by atoms with Crippen LogP contribution in [0, 0.1) is 0 Å². The molecule has 0 aromatic heterocycles. The molecule has 20 heavy (non-hydrogen) atoms. The minimum atomic E-state index is -0.323. The molecule has 5 heteroatoms. The predicted octanol–water partition coefficient (Wildman–Crippen LogP) is 5.20. The van der Waals surface area contributed by atoms with Gasteiger partial charge in [0.15, 0.2) is 0 Å².